The molecular formula is C16H19NO2. The topological polar surface area (TPSA) is 52.5 Å². The Morgan fingerprint density at radius 3 is 2.37 bits per heavy atom. The molecule has 3 heteroatoms. The quantitative estimate of drug-likeness (QED) is 0.782. The Kier molecular flexibility index (Phi) is 3.65. The lowest BCUT2D eigenvalue weighted by Crippen LogP contribution is -2.07. The van der Waals surface area contributed by atoms with Crippen LogP contribution in [0.3, 0.4) is 0 Å². The van der Waals surface area contributed by atoms with E-state index in [9.17, 15) is 10.2 Å². The summed E-state index contributed by atoms with van der Waals surface area (Å²) in [5, 5.41) is 22.9. The van der Waals surface area contributed by atoms with Crippen LogP contribution >= 0.6 is 0 Å². The SMILES string of the molecule is Cc1ccc(O)c(C(C)Nc2ccc(C)c(O)c2)c1. The molecule has 0 aromatic heterocycles. The zero-order valence-electron chi connectivity index (χ0n) is 11.4. The van der Waals surface area contributed by atoms with E-state index < -0.39 is 0 Å². The lowest BCUT2D eigenvalue weighted by molar-refractivity contribution is 0.465. The van der Waals surface area contributed by atoms with Gasteiger partial charge in [-0.2, -0.15) is 0 Å². The minimum atomic E-state index is -0.0398. The van der Waals surface area contributed by atoms with Gasteiger partial charge in [-0.15, -0.1) is 0 Å². The monoisotopic (exact) mass is 257 g/mol. The van der Waals surface area contributed by atoms with Crippen LogP contribution < -0.4 is 5.32 Å². The van der Waals surface area contributed by atoms with Gasteiger partial charge in [0.2, 0.25) is 0 Å². The second-order valence-corrected chi connectivity index (χ2v) is 4.93. The van der Waals surface area contributed by atoms with E-state index in [-0.39, 0.29) is 17.5 Å². The molecule has 0 radical (unpaired) electrons. The van der Waals surface area contributed by atoms with Crippen LogP contribution in [0.4, 0.5) is 5.69 Å². The number of hydrogen-bond donors (Lipinski definition) is 3. The smallest absolute Gasteiger partial charge is 0.120 e. The molecule has 0 aliphatic carbocycles. The van der Waals surface area contributed by atoms with E-state index >= 15 is 0 Å². The highest BCUT2D eigenvalue weighted by molar-refractivity contribution is 5.53. The fraction of sp³-hybridized carbons (Fsp3) is 0.250. The van der Waals surface area contributed by atoms with Crippen molar-refractivity contribution in [2.75, 3.05) is 5.32 Å². The Balaban J connectivity index is 2.22. The van der Waals surface area contributed by atoms with Crippen molar-refractivity contribution < 1.29 is 10.2 Å². The summed E-state index contributed by atoms with van der Waals surface area (Å²) in [7, 11) is 0. The van der Waals surface area contributed by atoms with Gasteiger partial charge in [0.1, 0.15) is 11.5 Å². The van der Waals surface area contributed by atoms with Crippen LogP contribution in [0.25, 0.3) is 0 Å². The van der Waals surface area contributed by atoms with Crippen molar-refractivity contribution in [1.82, 2.24) is 0 Å². The first-order chi connectivity index (χ1) is 8.97. The summed E-state index contributed by atoms with van der Waals surface area (Å²) in [4.78, 5) is 0. The summed E-state index contributed by atoms with van der Waals surface area (Å²) < 4.78 is 0. The molecule has 0 spiro atoms. The van der Waals surface area contributed by atoms with Gasteiger partial charge in [0, 0.05) is 17.3 Å². The summed E-state index contributed by atoms with van der Waals surface area (Å²) in [6, 6.07) is 11.0. The van der Waals surface area contributed by atoms with Gasteiger partial charge in [0.05, 0.1) is 6.04 Å². The maximum atomic E-state index is 9.89. The summed E-state index contributed by atoms with van der Waals surface area (Å²) >= 11 is 0. The minimum Gasteiger partial charge on any atom is -0.508 e. The molecule has 1 atom stereocenters. The molecule has 0 aliphatic heterocycles. The van der Waals surface area contributed by atoms with Gasteiger partial charge < -0.3 is 15.5 Å². The third kappa shape index (κ3) is 2.99. The van der Waals surface area contributed by atoms with E-state index in [1.807, 2.05) is 45.0 Å². The fourth-order valence-corrected chi connectivity index (χ4v) is 2.05. The number of rotatable bonds is 3. The third-order valence-electron chi connectivity index (χ3n) is 3.24. The van der Waals surface area contributed by atoms with Crippen molar-refractivity contribution in [1.29, 1.82) is 0 Å². The highest BCUT2D eigenvalue weighted by atomic mass is 16.3. The molecule has 1 unspecified atom stereocenters. The molecule has 2 aromatic rings. The van der Waals surface area contributed by atoms with Crippen molar-refractivity contribution in [2.45, 2.75) is 26.8 Å². The van der Waals surface area contributed by atoms with E-state index in [4.69, 9.17) is 0 Å². The predicted octanol–water partition coefficient (Wildman–Crippen LogP) is 3.89. The third-order valence-corrected chi connectivity index (χ3v) is 3.24. The maximum Gasteiger partial charge on any atom is 0.120 e. The molecule has 0 bridgehead atoms. The highest BCUT2D eigenvalue weighted by Crippen LogP contribution is 2.29. The number of benzene rings is 2. The van der Waals surface area contributed by atoms with Crippen molar-refractivity contribution in [2.24, 2.45) is 0 Å². The molecule has 3 N–H and O–H groups in total. The Morgan fingerprint density at radius 2 is 1.68 bits per heavy atom. The van der Waals surface area contributed by atoms with Gasteiger partial charge in [0.25, 0.3) is 0 Å². The van der Waals surface area contributed by atoms with Crippen LogP contribution in [-0.2, 0) is 0 Å². The first-order valence-electron chi connectivity index (χ1n) is 6.33. The second-order valence-electron chi connectivity index (χ2n) is 4.93. The van der Waals surface area contributed by atoms with Crippen molar-refractivity contribution in [3.05, 3.63) is 53.1 Å². The van der Waals surface area contributed by atoms with Gasteiger partial charge in [-0.1, -0.05) is 23.8 Å². The van der Waals surface area contributed by atoms with Gasteiger partial charge in [-0.3, -0.25) is 0 Å². The van der Waals surface area contributed by atoms with Gasteiger partial charge in [-0.05, 0) is 38.5 Å². The molecule has 0 saturated heterocycles. The van der Waals surface area contributed by atoms with Crippen molar-refractivity contribution in [3.63, 3.8) is 0 Å². The van der Waals surface area contributed by atoms with E-state index in [0.29, 0.717) is 0 Å². The molecule has 2 rings (SSSR count). The molecular weight excluding hydrogens is 238 g/mol. The van der Waals surface area contributed by atoms with Crippen LogP contribution in [0.2, 0.25) is 0 Å². The van der Waals surface area contributed by atoms with Crippen LogP contribution in [0, 0.1) is 13.8 Å². The molecule has 0 amide bonds. The number of phenols is 2. The molecule has 0 heterocycles. The molecule has 0 saturated carbocycles. The Labute approximate surface area is 113 Å². The standard InChI is InChI=1S/C16H19NO2/c1-10-4-7-15(18)14(8-10)12(3)17-13-6-5-11(2)16(19)9-13/h4-9,12,17-19H,1-3H3. The zero-order valence-corrected chi connectivity index (χ0v) is 11.4. The summed E-state index contributed by atoms with van der Waals surface area (Å²) in [5.41, 5.74) is 3.63. The first-order valence-corrected chi connectivity index (χ1v) is 6.33. The highest BCUT2D eigenvalue weighted by Gasteiger charge is 2.11. The minimum absolute atomic E-state index is 0.0398. The first kappa shape index (κ1) is 13.3. The molecule has 100 valence electrons. The Morgan fingerprint density at radius 1 is 0.947 bits per heavy atom. The van der Waals surface area contributed by atoms with Crippen LogP contribution in [-0.4, -0.2) is 10.2 Å². The number of anilines is 1. The number of aryl methyl sites for hydroxylation is 2. The van der Waals surface area contributed by atoms with Gasteiger partial charge >= 0.3 is 0 Å². The van der Waals surface area contributed by atoms with E-state index in [0.717, 1.165) is 22.4 Å². The van der Waals surface area contributed by atoms with E-state index in [1.54, 1.807) is 12.1 Å². The number of phenolic OH excluding ortho intramolecular Hbond substituents is 2. The molecule has 0 fully saturated rings. The average Bonchev–Trinajstić information content (AvgIpc) is 2.36. The Hall–Kier alpha value is -2.16. The summed E-state index contributed by atoms with van der Waals surface area (Å²) in [5.74, 6) is 0.549. The largest absolute Gasteiger partial charge is 0.508 e. The molecule has 19 heavy (non-hydrogen) atoms. The average molecular weight is 257 g/mol. The predicted molar refractivity (Wildman–Crippen MR) is 77.7 cm³/mol. The summed E-state index contributed by atoms with van der Waals surface area (Å²) in [6.45, 7) is 5.83. The van der Waals surface area contributed by atoms with Crippen molar-refractivity contribution in [3.8, 4) is 11.5 Å². The van der Waals surface area contributed by atoms with Crippen LogP contribution in [0.1, 0.15) is 29.7 Å². The van der Waals surface area contributed by atoms with Crippen molar-refractivity contribution >= 4 is 5.69 Å². The normalized spacial score (nSPS) is 12.2. The Bertz CT molecular complexity index is 593. The number of aromatic hydroxyl groups is 2. The molecule has 2 aromatic carbocycles. The van der Waals surface area contributed by atoms with Crippen LogP contribution in [0.15, 0.2) is 36.4 Å². The van der Waals surface area contributed by atoms with Crippen LogP contribution in [0.5, 0.6) is 11.5 Å². The number of hydrogen-bond acceptors (Lipinski definition) is 3. The fourth-order valence-electron chi connectivity index (χ4n) is 2.05. The second kappa shape index (κ2) is 5.22. The molecule has 0 aliphatic rings. The number of nitrogens with one attached hydrogen (secondary N) is 1. The lowest BCUT2D eigenvalue weighted by atomic mass is 10.0. The van der Waals surface area contributed by atoms with E-state index in [1.165, 1.54) is 0 Å². The molecule has 3 nitrogen and oxygen atoms in total. The summed E-state index contributed by atoms with van der Waals surface area (Å²) in [6.07, 6.45) is 0. The zero-order chi connectivity index (χ0) is 14.0. The lowest BCUT2D eigenvalue weighted by Gasteiger charge is -2.18. The van der Waals surface area contributed by atoms with Gasteiger partial charge in [-0.25, -0.2) is 0 Å². The maximum absolute atomic E-state index is 9.89. The van der Waals surface area contributed by atoms with E-state index in [2.05, 4.69) is 5.32 Å². The van der Waals surface area contributed by atoms with Gasteiger partial charge in [0.15, 0.2) is 0 Å².